The largest absolute Gasteiger partial charge is 0.497 e. The summed E-state index contributed by atoms with van der Waals surface area (Å²) < 4.78 is 6.87. The lowest BCUT2D eigenvalue weighted by Gasteiger charge is -2.05. The summed E-state index contributed by atoms with van der Waals surface area (Å²) in [5.41, 5.74) is 7.59. The van der Waals surface area contributed by atoms with Crippen LogP contribution in [0.25, 0.3) is 5.69 Å². The molecule has 0 saturated heterocycles. The van der Waals surface area contributed by atoms with Crippen molar-refractivity contribution in [1.29, 1.82) is 0 Å². The van der Waals surface area contributed by atoms with E-state index in [0.29, 0.717) is 12.5 Å². The third-order valence-electron chi connectivity index (χ3n) is 4.13. The zero-order valence-electron chi connectivity index (χ0n) is 15.8. The summed E-state index contributed by atoms with van der Waals surface area (Å²) in [4.78, 5) is 4.32. The molecule has 0 bridgehead atoms. The van der Waals surface area contributed by atoms with Crippen LogP contribution in [0.4, 0.5) is 0 Å². The van der Waals surface area contributed by atoms with E-state index in [2.05, 4.69) is 27.5 Å². The molecule has 0 amide bonds. The van der Waals surface area contributed by atoms with E-state index in [1.54, 1.807) is 11.8 Å². The minimum atomic E-state index is 0.408. The summed E-state index contributed by atoms with van der Waals surface area (Å²) >= 11 is 0. The molecule has 3 N–H and O–H groups in total. The number of benzene rings is 1. The zero-order chi connectivity index (χ0) is 18.6. The predicted octanol–water partition coefficient (Wildman–Crippen LogP) is 3.04. The maximum atomic E-state index is 5.90. The van der Waals surface area contributed by atoms with Crippen LogP contribution in [-0.4, -0.2) is 34.6 Å². The molecule has 0 spiro atoms. The summed E-state index contributed by atoms with van der Waals surface area (Å²) in [5.74, 6) is 1.26. The van der Waals surface area contributed by atoms with Crippen LogP contribution in [0.1, 0.15) is 51.1 Å². The maximum Gasteiger partial charge on any atom is 0.188 e. The molecule has 0 unspecified atom stereocenters. The van der Waals surface area contributed by atoms with Gasteiger partial charge in [-0.2, -0.15) is 0 Å². The Morgan fingerprint density at radius 2 is 1.88 bits per heavy atom. The molecule has 2 aromatic rings. The Morgan fingerprint density at radius 3 is 2.62 bits per heavy atom. The van der Waals surface area contributed by atoms with Gasteiger partial charge >= 0.3 is 0 Å². The van der Waals surface area contributed by atoms with Crippen LogP contribution in [0.5, 0.6) is 5.75 Å². The third kappa shape index (κ3) is 6.74. The molecule has 1 aromatic heterocycles. The predicted molar refractivity (Wildman–Crippen MR) is 105 cm³/mol. The van der Waals surface area contributed by atoms with Crippen LogP contribution in [0.15, 0.2) is 35.5 Å². The number of hydrogen-bond donors (Lipinski definition) is 2. The average molecular weight is 358 g/mol. The molecular formula is C19H30N6O. The lowest BCUT2D eigenvalue weighted by atomic mass is 10.1. The Kier molecular flexibility index (Phi) is 8.45. The van der Waals surface area contributed by atoms with Gasteiger partial charge in [-0.3, -0.25) is 0 Å². The second-order valence-corrected chi connectivity index (χ2v) is 6.25. The highest BCUT2D eigenvalue weighted by atomic mass is 16.5. The number of nitrogens with one attached hydrogen (secondary N) is 1. The van der Waals surface area contributed by atoms with Gasteiger partial charge in [0.1, 0.15) is 11.4 Å². The van der Waals surface area contributed by atoms with Gasteiger partial charge in [0.2, 0.25) is 0 Å². The number of nitrogens with zero attached hydrogens (tertiary/aromatic N) is 4. The van der Waals surface area contributed by atoms with Crippen molar-refractivity contribution in [2.45, 2.75) is 52.0 Å². The van der Waals surface area contributed by atoms with Gasteiger partial charge in [-0.1, -0.05) is 44.2 Å². The first-order chi connectivity index (χ1) is 12.7. The van der Waals surface area contributed by atoms with Crippen LogP contribution in [0.3, 0.4) is 0 Å². The first kappa shape index (κ1) is 19.8. The van der Waals surface area contributed by atoms with E-state index >= 15 is 0 Å². The highest BCUT2D eigenvalue weighted by Gasteiger charge is 2.03. The van der Waals surface area contributed by atoms with Gasteiger partial charge in [0.25, 0.3) is 0 Å². The van der Waals surface area contributed by atoms with Crippen molar-refractivity contribution in [3.05, 3.63) is 36.2 Å². The molecule has 7 heteroatoms. The molecule has 0 aliphatic heterocycles. The number of rotatable bonds is 11. The van der Waals surface area contributed by atoms with Gasteiger partial charge in [-0.05, 0) is 30.7 Å². The molecule has 0 aliphatic carbocycles. The first-order valence-electron chi connectivity index (χ1n) is 9.32. The lowest BCUT2D eigenvalue weighted by Crippen LogP contribution is -2.32. The monoisotopic (exact) mass is 358 g/mol. The van der Waals surface area contributed by atoms with Gasteiger partial charge in [0, 0.05) is 6.54 Å². The van der Waals surface area contributed by atoms with Crippen molar-refractivity contribution in [3.63, 3.8) is 0 Å². The van der Waals surface area contributed by atoms with Crippen LogP contribution < -0.4 is 15.8 Å². The Labute approximate surface area is 155 Å². The van der Waals surface area contributed by atoms with Crippen molar-refractivity contribution in [3.8, 4) is 11.4 Å². The van der Waals surface area contributed by atoms with Crippen LogP contribution >= 0.6 is 0 Å². The highest BCUT2D eigenvalue weighted by molar-refractivity contribution is 5.77. The minimum Gasteiger partial charge on any atom is -0.497 e. The molecule has 7 nitrogen and oxygen atoms in total. The fourth-order valence-corrected chi connectivity index (χ4v) is 2.58. The SMILES string of the molecule is CCCCCCCCNC(N)=NCc1cn(-c2ccc(OC)cc2)nn1. The number of hydrogen-bond acceptors (Lipinski definition) is 4. The Balaban J connectivity index is 1.73. The van der Waals surface area contributed by atoms with E-state index in [4.69, 9.17) is 10.5 Å². The zero-order valence-corrected chi connectivity index (χ0v) is 15.8. The fraction of sp³-hybridized carbons (Fsp3) is 0.526. The molecule has 0 saturated carbocycles. The standard InChI is InChI=1S/C19H30N6O/c1-3-4-5-6-7-8-13-21-19(20)22-14-16-15-25(24-23-16)17-9-11-18(26-2)12-10-17/h9-12,15H,3-8,13-14H2,1-2H3,(H3,20,21,22). The average Bonchev–Trinajstić information content (AvgIpc) is 3.15. The lowest BCUT2D eigenvalue weighted by molar-refractivity contribution is 0.414. The number of guanidine groups is 1. The van der Waals surface area contributed by atoms with Crippen LogP contribution in [0.2, 0.25) is 0 Å². The molecular weight excluding hydrogens is 328 g/mol. The van der Waals surface area contributed by atoms with Crippen LogP contribution in [-0.2, 0) is 6.54 Å². The van der Waals surface area contributed by atoms with E-state index < -0.39 is 0 Å². The topological polar surface area (TPSA) is 90.3 Å². The van der Waals surface area contributed by atoms with Crippen molar-refractivity contribution in [2.75, 3.05) is 13.7 Å². The van der Waals surface area contributed by atoms with Crippen molar-refractivity contribution >= 4 is 5.96 Å². The molecule has 1 aromatic carbocycles. The summed E-state index contributed by atoms with van der Waals surface area (Å²) in [6.07, 6.45) is 9.43. The van der Waals surface area contributed by atoms with Crippen molar-refractivity contribution in [2.24, 2.45) is 10.7 Å². The Bertz CT molecular complexity index is 665. The highest BCUT2D eigenvalue weighted by Crippen LogP contribution is 2.14. The first-order valence-corrected chi connectivity index (χ1v) is 9.32. The second kappa shape index (κ2) is 11.1. The fourth-order valence-electron chi connectivity index (χ4n) is 2.58. The second-order valence-electron chi connectivity index (χ2n) is 6.25. The van der Waals surface area contributed by atoms with Gasteiger partial charge in [0.15, 0.2) is 5.96 Å². The van der Waals surface area contributed by atoms with E-state index in [-0.39, 0.29) is 0 Å². The van der Waals surface area contributed by atoms with Gasteiger partial charge < -0.3 is 15.8 Å². The molecule has 0 atom stereocenters. The Morgan fingerprint density at radius 1 is 1.15 bits per heavy atom. The van der Waals surface area contributed by atoms with Crippen molar-refractivity contribution in [1.82, 2.24) is 20.3 Å². The molecule has 1 heterocycles. The molecule has 0 aliphatic rings. The number of ether oxygens (including phenoxy) is 1. The number of nitrogens with two attached hydrogens (primary N) is 1. The van der Waals surface area contributed by atoms with E-state index in [0.717, 1.165) is 30.1 Å². The molecule has 0 radical (unpaired) electrons. The summed E-state index contributed by atoms with van der Waals surface area (Å²) in [5, 5.41) is 11.4. The van der Waals surface area contributed by atoms with E-state index in [1.165, 1.54) is 32.1 Å². The van der Waals surface area contributed by atoms with Gasteiger partial charge in [-0.25, -0.2) is 9.67 Å². The third-order valence-corrected chi connectivity index (χ3v) is 4.13. The number of aliphatic imine (C=N–C) groups is 1. The Hall–Kier alpha value is -2.57. The summed E-state index contributed by atoms with van der Waals surface area (Å²) in [6.45, 7) is 3.50. The van der Waals surface area contributed by atoms with Gasteiger partial charge in [0.05, 0.1) is 25.5 Å². The molecule has 2 rings (SSSR count). The summed E-state index contributed by atoms with van der Waals surface area (Å²) in [6, 6.07) is 7.63. The maximum absolute atomic E-state index is 5.90. The minimum absolute atomic E-state index is 0.408. The van der Waals surface area contributed by atoms with Gasteiger partial charge in [-0.15, -0.1) is 5.10 Å². The van der Waals surface area contributed by atoms with Crippen LogP contribution in [0, 0.1) is 0 Å². The van der Waals surface area contributed by atoms with E-state index in [9.17, 15) is 0 Å². The smallest absolute Gasteiger partial charge is 0.188 e. The molecule has 0 fully saturated rings. The molecule has 26 heavy (non-hydrogen) atoms. The number of aromatic nitrogens is 3. The quantitative estimate of drug-likeness (QED) is 0.366. The van der Waals surface area contributed by atoms with Crippen molar-refractivity contribution < 1.29 is 4.74 Å². The number of methoxy groups -OCH3 is 1. The normalized spacial score (nSPS) is 11.5. The summed E-state index contributed by atoms with van der Waals surface area (Å²) in [7, 11) is 1.64. The number of unbranched alkanes of at least 4 members (excludes halogenated alkanes) is 5. The van der Waals surface area contributed by atoms with E-state index in [1.807, 2.05) is 30.5 Å². The molecule has 142 valence electrons.